The summed E-state index contributed by atoms with van der Waals surface area (Å²) in [5.74, 6) is 0. The number of aromatic nitrogens is 1. The second kappa shape index (κ2) is 8.77. The van der Waals surface area contributed by atoms with Crippen LogP contribution in [0.5, 0.6) is 0 Å². The quantitative estimate of drug-likeness (QED) is 0.557. The van der Waals surface area contributed by atoms with Crippen LogP contribution in [0.25, 0.3) is 11.3 Å². The van der Waals surface area contributed by atoms with Crippen LogP contribution in [-0.4, -0.2) is 48.8 Å². The highest BCUT2D eigenvalue weighted by Gasteiger charge is 2.29. The van der Waals surface area contributed by atoms with Crippen LogP contribution in [0.3, 0.4) is 0 Å². The van der Waals surface area contributed by atoms with Crippen molar-refractivity contribution in [3.8, 4) is 11.3 Å². The molecule has 0 bridgehead atoms. The first-order valence-corrected chi connectivity index (χ1v) is 12.5. The van der Waals surface area contributed by atoms with Gasteiger partial charge in [-0.15, -0.1) is 11.3 Å². The zero-order valence-corrected chi connectivity index (χ0v) is 19.4. The molecule has 1 aliphatic heterocycles. The number of piperazine rings is 1. The lowest BCUT2D eigenvalue weighted by Crippen LogP contribution is -2.48. The molecule has 0 spiro atoms. The Morgan fingerprint density at radius 2 is 1.73 bits per heavy atom. The summed E-state index contributed by atoms with van der Waals surface area (Å²) in [6.07, 6.45) is 0. The minimum atomic E-state index is -3.46. The second-order valence-corrected chi connectivity index (χ2v) is 10.9. The number of hydrogen-bond acceptors (Lipinski definition) is 5. The van der Waals surface area contributed by atoms with Gasteiger partial charge in [0.2, 0.25) is 10.0 Å². The second-order valence-electron chi connectivity index (χ2n) is 7.58. The molecule has 0 unspecified atom stereocenters. The van der Waals surface area contributed by atoms with Crippen LogP contribution in [-0.2, 0) is 16.6 Å². The van der Waals surface area contributed by atoms with E-state index >= 15 is 0 Å². The third kappa shape index (κ3) is 4.60. The molecule has 0 N–H and O–H groups in total. The fourth-order valence-electron chi connectivity index (χ4n) is 3.58. The van der Waals surface area contributed by atoms with Crippen LogP contribution >= 0.6 is 22.9 Å². The first-order chi connectivity index (χ1) is 14.3. The number of aryl methyl sites for hydroxylation is 2. The molecule has 2 aromatic carbocycles. The lowest BCUT2D eigenvalue weighted by molar-refractivity contribution is 0.181. The summed E-state index contributed by atoms with van der Waals surface area (Å²) in [6.45, 7) is 6.87. The summed E-state index contributed by atoms with van der Waals surface area (Å²) in [4.78, 5) is 7.43. The maximum absolute atomic E-state index is 13.1. The van der Waals surface area contributed by atoms with E-state index in [1.165, 1.54) is 0 Å². The molecule has 0 radical (unpaired) electrons. The minimum Gasteiger partial charge on any atom is -0.294 e. The Kier molecular flexibility index (Phi) is 6.27. The van der Waals surface area contributed by atoms with Crippen LogP contribution in [0.1, 0.15) is 16.1 Å². The topological polar surface area (TPSA) is 53.5 Å². The van der Waals surface area contributed by atoms with Crippen LogP contribution in [0, 0.1) is 13.8 Å². The van der Waals surface area contributed by atoms with E-state index in [-0.39, 0.29) is 0 Å². The Balaban J connectivity index is 1.39. The van der Waals surface area contributed by atoms with Gasteiger partial charge >= 0.3 is 0 Å². The number of hydrogen-bond donors (Lipinski definition) is 0. The van der Waals surface area contributed by atoms with Gasteiger partial charge in [0, 0.05) is 42.1 Å². The molecule has 0 aliphatic carbocycles. The summed E-state index contributed by atoms with van der Waals surface area (Å²) in [7, 11) is -3.46. The number of rotatable bonds is 5. The monoisotopic (exact) mass is 461 g/mol. The van der Waals surface area contributed by atoms with Gasteiger partial charge < -0.3 is 0 Å². The predicted molar refractivity (Wildman–Crippen MR) is 123 cm³/mol. The molecule has 5 nitrogen and oxygen atoms in total. The van der Waals surface area contributed by atoms with Crippen molar-refractivity contribution < 1.29 is 8.42 Å². The van der Waals surface area contributed by atoms with E-state index in [2.05, 4.69) is 10.3 Å². The highest BCUT2D eigenvalue weighted by Crippen LogP contribution is 2.26. The number of thiazole rings is 1. The first-order valence-electron chi connectivity index (χ1n) is 9.83. The molecule has 3 aromatic rings. The average Bonchev–Trinajstić information content (AvgIpc) is 3.19. The summed E-state index contributed by atoms with van der Waals surface area (Å²) < 4.78 is 27.8. The van der Waals surface area contributed by atoms with Crippen LogP contribution in [0.15, 0.2) is 52.7 Å². The Hall–Kier alpha value is -1.77. The van der Waals surface area contributed by atoms with Gasteiger partial charge in [-0.05, 0) is 43.2 Å². The molecular formula is C22H24ClN3O2S2. The number of halogens is 1. The molecule has 2 heterocycles. The van der Waals surface area contributed by atoms with Gasteiger partial charge in [-0.3, -0.25) is 4.90 Å². The summed E-state index contributed by atoms with van der Waals surface area (Å²) in [5.41, 5.74) is 3.74. The highest BCUT2D eigenvalue weighted by atomic mass is 35.5. The molecular weight excluding hydrogens is 438 g/mol. The van der Waals surface area contributed by atoms with Gasteiger partial charge in [-0.25, -0.2) is 13.4 Å². The van der Waals surface area contributed by atoms with Crippen molar-refractivity contribution in [1.82, 2.24) is 14.2 Å². The van der Waals surface area contributed by atoms with Crippen molar-refractivity contribution in [1.29, 1.82) is 0 Å². The van der Waals surface area contributed by atoms with Crippen LogP contribution < -0.4 is 0 Å². The molecule has 4 rings (SSSR count). The largest absolute Gasteiger partial charge is 0.294 e. The maximum atomic E-state index is 13.1. The fourth-order valence-corrected chi connectivity index (χ4v) is 6.28. The van der Waals surface area contributed by atoms with Crippen molar-refractivity contribution in [2.75, 3.05) is 26.2 Å². The first kappa shape index (κ1) is 21.5. The molecule has 0 atom stereocenters. The smallest absolute Gasteiger partial charge is 0.243 e. The standard InChI is InChI=1S/C22H24ClN3O2S2/c1-16-3-4-17(2)21(13-16)30(27,28)26-11-9-25(10-12-26)14-22-24-20(15-29-22)18-5-7-19(23)8-6-18/h3-8,13,15H,9-12,14H2,1-2H3. The summed E-state index contributed by atoms with van der Waals surface area (Å²) in [5, 5.41) is 3.80. The molecule has 1 aromatic heterocycles. The minimum absolute atomic E-state index is 0.420. The fraction of sp³-hybridized carbons (Fsp3) is 0.318. The van der Waals surface area contributed by atoms with Crippen molar-refractivity contribution in [2.45, 2.75) is 25.3 Å². The van der Waals surface area contributed by atoms with Gasteiger partial charge in [-0.1, -0.05) is 35.9 Å². The highest BCUT2D eigenvalue weighted by molar-refractivity contribution is 7.89. The number of sulfonamides is 1. The Morgan fingerprint density at radius 1 is 1.03 bits per heavy atom. The lowest BCUT2D eigenvalue weighted by atomic mass is 10.2. The van der Waals surface area contributed by atoms with E-state index in [0.717, 1.165) is 33.9 Å². The molecule has 30 heavy (non-hydrogen) atoms. The average molecular weight is 462 g/mol. The van der Waals surface area contributed by atoms with E-state index in [1.54, 1.807) is 21.7 Å². The van der Waals surface area contributed by atoms with E-state index in [1.807, 2.05) is 50.2 Å². The predicted octanol–water partition coefficient (Wildman–Crippen LogP) is 4.59. The Morgan fingerprint density at radius 3 is 2.43 bits per heavy atom. The van der Waals surface area contributed by atoms with E-state index in [9.17, 15) is 8.42 Å². The zero-order valence-electron chi connectivity index (χ0n) is 17.0. The normalized spacial score (nSPS) is 16.1. The molecule has 1 aliphatic rings. The van der Waals surface area contributed by atoms with E-state index in [4.69, 9.17) is 16.6 Å². The third-order valence-corrected chi connectivity index (χ3v) is 8.47. The molecule has 1 saturated heterocycles. The summed E-state index contributed by atoms with van der Waals surface area (Å²) >= 11 is 7.59. The van der Waals surface area contributed by atoms with Crippen molar-refractivity contribution >= 4 is 33.0 Å². The lowest BCUT2D eigenvalue weighted by Gasteiger charge is -2.33. The third-order valence-electron chi connectivity index (χ3n) is 5.34. The number of nitrogens with zero attached hydrogens (tertiary/aromatic N) is 3. The molecule has 1 fully saturated rings. The van der Waals surface area contributed by atoms with Crippen LogP contribution in [0.2, 0.25) is 5.02 Å². The van der Waals surface area contributed by atoms with Gasteiger partial charge in [0.05, 0.1) is 17.1 Å². The van der Waals surface area contributed by atoms with E-state index < -0.39 is 10.0 Å². The van der Waals surface area contributed by atoms with Crippen molar-refractivity contribution in [3.05, 3.63) is 69.0 Å². The van der Waals surface area contributed by atoms with Crippen molar-refractivity contribution in [2.24, 2.45) is 0 Å². The van der Waals surface area contributed by atoms with Crippen LogP contribution in [0.4, 0.5) is 0 Å². The zero-order chi connectivity index (χ0) is 21.3. The molecule has 158 valence electrons. The van der Waals surface area contributed by atoms with Gasteiger partial charge in [0.25, 0.3) is 0 Å². The van der Waals surface area contributed by atoms with Crippen molar-refractivity contribution in [3.63, 3.8) is 0 Å². The van der Waals surface area contributed by atoms with Gasteiger partial charge in [0.15, 0.2) is 0 Å². The molecule has 0 amide bonds. The van der Waals surface area contributed by atoms with E-state index in [0.29, 0.717) is 36.1 Å². The Labute approximate surface area is 187 Å². The maximum Gasteiger partial charge on any atom is 0.243 e. The summed E-state index contributed by atoms with van der Waals surface area (Å²) in [6, 6.07) is 13.3. The number of benzene rings is 2. The Bertz CT molecular complexity index is 1140. The SMILES string of the molecule is Cc1ccc(C)c(S(=O)(=O)N2CCN(Cc3nc(-c4ccc(Cl)cc4)cs3)CC2)c1. The molecule has 8 heteroatoms. The van der Waals surface area contributed by atoms with Gasteiger partial charge in [-0.2, -0.15) is 4.31 Å². The van der Waals surface area contributed by atoms with Gasteiger partial charge in [0.1, 0.15) is 5.01 Å². The molecule has 0 saturated carbocycles.